The van der Waals surface area contributed by atoms with Crippen LogP contribution < -0.4 is 0 Å². The van der Waals surface area contributed by atoms with Gasteiger partial charge in [-0.05, 0) is 36.6 Å². The van der Waals surface area contributed by atoms with Gasteiger partial charge >= 0.3 is 0 Å². The molecule has 0 aliphatic rings. The highest BCUT2D eigenvalue weighted by molar-refractivity contribution is 5.84. The van der Waals surface area contributed by atoms with E-state index in [0.29, 0.717) is 11.3 Å². The molecule has 78 valence electrons. The minimum absolute atomic E-state index is 0.291. The highest BCUT2D eigenvalue weighted by atomic mass is 16.3. The first kappa shape index (κ1) is 9.97. The number of aromatic hydroxyl groups is 1. The Bertz CT molecular complexity index is 465. The van der Waals surface area contributed by atoms with Gasteiger partial charge in [-0.1, -0.05) is 19.4 Å². The summed E-state index contributed by atoms with van der Waals surface area (Å²) in [5.74, 6) is 0.291. The quantitative estimate of drug-likeness (QED) is 0.826. The van der Waals surface area contributed by atoms with E-state index in [4.69, 9.17) is 0 Å². The largest absolute Gasteiger partial charge is 0.506 e. The molecule has 1 N–H and O–H groups in total. The molecule has 0 unspecified atom stereocenters. The van der Waals surface area contributed by atoms with Crippen molar-refractivity contribution in [3.63, 3.8) is 0 Å². The minimum atomic E-state index is 0.291. The van der Waals surface area contributed by atoms with Crippen LogP contribution in [0.5, 0.6) is 5.75 Å². The number of aryl methyl sites for hydroxylation is 1. The molecule has 1 aromatic heterocycles. The van der Waals surface area contributed by atoms with Crippen LogP contribution in [0, 0.1) is 0 Å². The first-order chi connectivity index (χ1) is 7.31. The number of phenols is 1. The standard InChI is InChI=1S/C13H15NO/c1-2-3-5-10-8-11-6-4-7-14-13(11)12(15)9-10/h4,6-9,15H,2-3,5H2,1H3. The van der Waals surface area contributed by atoms with Gasteiger partial charge in [-0.3, -0.25) is 4.98 Å². The molecule has 2 heteroatoms. The Balaban J connectivity index is 2.43. The van der Waals surface area contributed by atoms with E-state index in [0.717, 1.165) is 18.2 Å². The van der Waals surface area contributed by atoms with Crippen LogP contribution in [-0.2, 0) is 6.42 Å². The molecule has 0 fully saturated rings. The zero-order valence-corrected chi connectivity index (χ0v) is 8.90. The van der Waals surface area contributed by atoms with E-state index in [1.54, 1.807) is 6.20 Å². The third kappa shape index (κ3) is 2.09. The van der Waals surface area contributed by atoms with Crippen LogP contribution in [0.3, 0.4) is 0 Å². The summed E-state index contributed by atoms with van der Waals surface area (Å²) >= 11 is 0. The van der Waals surface area contributed by atoms with Crippen molar-refractivity contribution >= 4 is 10.9 Å². The van der Waals surface area contributed by atoms with E-state index in [-0.39, 0.29) is 0 Å². The Hall–Kier alpha value is -1.57. The van der Waals surface area contributed by atoms with Crippen LogP contribution in [0.1, 0.15) is 25.3 Å². The van der Waals surface area contributed by atoms with E-state index in [1.165, 1.54) is 12.0 Å². The summed E-state index contributed by atoms with van der Waals surface area (Å²) in [5, 5.41) is 10.8. The number of benzene rings is 1. The molecule has 1 heterocycles. The molecule has 2 aromatic rings. The summed E-state index contributed by atoms with van der Waals surface area (Å²) in [4.78, 5) is 4.15. The van der Waals surface area contributed by atoms with Crippen LogP contribution in [-0.4, -0.2) is 10.1 Å². The molecule has 2 nitrogen and oxygen atoms in total. The predicted octanol–water partition coefficient (Wildman–Crippen LogP) is 3.28. The molecule has 0 saturated carbocycles. The molecule has 2 rings (SSSR count). The summed E-state index contributed by atoms with van der Waals surface area (Å²) in [7, 11) is 0. The van der Waals surface area contributed by atoms with Gasteiger partial charge in [0.05, 0.1) is 0 Å². The highest BCUT2D eigenvalue weighted by Crippen LogP contribution is 2.24. The maximum absolute atomic E-state index is 9.79. The Kier molecular flexibility index (Phi) is 2.86. The Morgan fingerprint density at radius 1 is 1.33 bits per heavy atom. The Labute approximate surface area is 89.6 Å². The van der Waals surface area contributed by atoms with E-state index in [1.807, 2.05) is 18.2 Å². The zero-order chi connectivity index (χ0) is 10.7. The summed E-state index contributed by atoms with van der Waals surface area (Å²) in [6.45, 7) is 2.17. The zero-order valence-electron chi connectivity index (χ0n) is 8.90. The van der Waals surface area contributed by atoms with Gasteiger partial charge in [-0.15, -0.1) is 0 Å². The third-order valence-electron chi connectivity index (χ3n) is 2.56. The summed E-state index contributed by atoms with van der Waals surface area (Å²) in [5.41, 5.74) is 1.88. The second-order valence-electron chi connectivity index (χ2n) is 3.79. The van der Waals surface area contributed by atoms with Gasteiger partial charge in [0.2, 0.25) is 0 Å². The maximum atomic E-state index is 9.79. The molecule has 0 spiro atoms. The van der Waals surface area contributed by atoms with Gasteiger partial charge in [0.1, 0.15) is 11.3 Å². The molecule has 0 saturated heterocycles. The molecular weight excluding hydrogens is 186 g/mol. The molecular formula is C13H15NO. The monoisotopic (exact) mass is 201 g/mol. The average Bonchev–Trinajstić information content (AvgIpc) is 2.26. The molecule has 15 heavy (non-hydrogen) atoms. The number of nitrogens with zero attached hydrogens (tertiary/aromatic N) is 1. The lowest BCUT2D eigenvalue weighted by Gasteiger charge is -2.04. The van der Waals surface area contributed by atoms with Crippen molar-refractivity contribution in [2.45, 2.75) is 26.2 Å². The van der Waals surface area contributed by atoms with E-state index >= 15 is 0 Å². The van der Waals surface area contributed by atoms with Crippen molar-refractivity contribution in [3.8, 4) is 5.75 Å². The van der Waals surface area contributed by atoms with E-state index in [9.17, 15) is 5.11 Å². The second-order valence-corrected chi connectivity index (χ2v) is 3.79. The number of hydrogen-bond acceptors (Lipinski definition) is 2. The van der Waals surface area contributed by atoms with Gasteiger partial charge in [0.15, 0.2) is 0 Å². The van der Waals surface area contributed by atoms with Crippen molar-refractivity contribution in [1.82, 2.24) is 4.98 Å². The van der Waals surface area contributed by atoms with Crippen molar-refractivity contribution < 1.29 is 5.11 Å². The Morgan fingerprint density at radius 3 is 3.00 bits per heavy atom. The molecule has 0 bridgehead atoms. The number of aromatic nitrogens is 1. The lowest BCUT2D eigenvalue weighted by Crippen LogP contribution is -1.87. The van der Waals surface area contributed by atoms with Gasteiger partial charge in [0, 0.05) is 11.6 Å². The molecule has 0 aliphatic carbocycles. The number of hydrogen-bond donors (Lipinski definition) is 1. The predicted molar refractivity (Wildman–Crippen MR) is 62.0 cm³/mol. The third-order valence-corrected chi connectivity index (χ3v) is 2.56. The normalized spacial score (nSPS) is 10.7. The lowest BCUT2D eigenvalue weighted by atomic mass is 10.1. The average molecular weight is 201 g/mol. The van der Waals surface area contributed by atoms with E-state index < -0.39 is 0 Å². The number of unbranched alkanes of at least 4 members (excludes halogenated alkanes) is 1. The number of phenolic OH excluding ortho intramolecular Hbond substituents is 1. The second kappa shape index (κ2) is 4.30. The number of fused-ring (bicyclic) bond motifs is 1. The van der Waals surface area contributed by atoms with Gasteiger partial charge in [-0.25, -0.2) is 0 Å². The minimum Gasteiger partial charge on any atom is -0.506 e. The first-order valence-corrected chi connectivity index (χ1v) is 5.38. The summed E-state index contributed by atoms with van der Waals surface area (Å²) < 4.78 is 0. The van der Waals surface area contributed by atoms with Crippen LogP contribution in [0.2, 0.25) is 0 Å². The molecule has 0 amide bonds. The summed E-state index contributed by atoms with van der Waals surface area (Å²) in [6, 6.07) is 7.81. The van der Waals surface area contributed by atoms with Crippen LogP contribution in [0.4, 0.5) is 0 Å². The fraction of sp³-hybridized carbons (Fsp3) is 0.308. The summed E-state index contributed by atoms with van der Waals surface area (Å²) in [6.07, 6.45) is 5.06. The first-order valence-electron chi connectivity index (χ1n) is 5.38. The van der Waals surface area contributed by atoms with Gasteiger partial charge < -0.3 is 5.11 Å². The maximum Gasteiger partial charge on any atom is 0.142 e. The van der Waals surface area contributed by atoms with Crippen molar-refractivity contribution in [1.29, 1.82) is 0 Å². The number of pyridine rings is 1. The van der Waals surface area contributed by atoms with Crippen molar-refractivity contribution in [2.75, 3.05) is 0 Å². The van der Waals surface area contributed by atoms with Crippen LogP contribution >= 0.6 is 0 Å². The highest BCUT2D eigenvalue weighted by Gasteiger charge is 2.03. The van der Waals surface area contributed by atoms with Gasteiger partial charge in [0.25, 0.3) is 0 Å². The Morgan fingerprint density at radius 2 is 2.20 bits per heavy atom. The SMILES string of the molecule is CCCCc1cc(O)c2ncccc2c1. The van der Waals surface area contributed by atoms with Crippen LogP contribution in [0.15, 0.2) is 30.5 Å². The van der Waals surface area contributed by atoms with Gasteiger partial charge in [-0.2, -0.15) is 0 Å². The number of rotatable bonds is 3. The molecule has 0 radical (unpaired) electrons. The lowest BCUT2D eigenvalue weighted by molar-refractivity contribution is 0.479. The topological polar surface area (TPSA) is 33.1 Å². The van der Waals surface area contributed by atoms with E-state index in [2.05, 4.69) is 18.0 Å². The molecule has 0 aliphatic heterocycles. The van der Waals surface area contributed by atoms with Crippen molar-refractivity contribution in [2.24, 2.45) is 0 Å². The van der Waals surface area contributed by atoms with Crippen LogP contribution in [0.25, 0.3) is 10.9 Å². The van der Waals surface area contributed by atoms with Crippen molar-refractivity contribution in [3.05, 3.63) is 36.0 Å². The smallest absolute Gasteiger partial charge is 0.142 e. The fourth-order valence-corrected chi connectivity index (χ4v) is 1.76. The fourth-order valence-electron chi connectivity index (χ4n) is 1.76. The molecule has 0 atom stereocenters. The molecule has 1 aromatic carbocycles.